The molecule has 0 unspecified atom stereocenters. The van der Waals surface area contributed by atoms with E-state index in [4.69, 9.17) is 4.42 Å². The normalized spacial score (nSPS) is 13.2. The maximum atomic E-state index is 6.32. The van der Waals surface area contributed by atoms with Crippen molar-refractivity contribution in [3.63, 3.8) is 0 Å². The van der Waals surface area contributed by atoms with Crippen LogP contribution in [0.1, 0.15) is 25.0 Å². The quantitative estimate of drug-likeness (QED) is 0.181. The van der Waals surface area contributed by atoms with E-state index in [1.165, 1.54) is 88.2 Å². The number of fused-ring (bicyclic) bond motifs is 10. The van der Waals surface area contributed by atoms with Crippen molar-refractivity contribution in [3.05, 3.63) is 187 Å². The molecule has 0 aliphatic heterocycles. The lowest BCUT2D eigenvalue weighted by Gasteiger charge is -2.22. The SMILES string of the molecule is CC1(C)c2cc(-c3cccc(-n4c5ccc(-c6ccccc6)cc5c5cc(-c6ccccc6)ccc54)c3)ccc2-c2c1ccc1oc3ccccc3c21. The average molecular weight is 678 g/mol. The van der Waals surface area contributed by atoms with E-state index in [1.807, 2.05) is 6.07 Å². The van der Waals surface area contributed by atoms with Crippen molar-refractivity contribution in [2.75, 3.05) is 0 Å². The number of para-hydroxylation sites is 1. The molecule has 0 saturated carbocycles. The molecule has 8 aromatic carbocycles. The zero-order valence-corrected chi connectivity index (χ0v) is 29.6. The predicted molar refractivity (Wildman–Crippen MR) is 222 cm³/mol. The number of benzene rings is 8. The van der Waals surface area contributed by atoms with Crippen LogP contribution in [0.3, 0.4) is 0 Å². The minimum absolute atomic E-state index is 0.148. The molecule has 0 spiro atoms. The Hall–Kier alpha value is -6.64. The van der Waals surface area contributed by atoms with Crippen molar-refractivity contribution in [1.29, 1.82) is 0 Å². The molecule has 0 saturated heterocycles. The lowest BCUT2D eigenvalue weighted by Crippen LogP contribution is -2.14. The summed E-state index contributed by atoms with van der Waals surface area (Å²) in [6.07, 6.45) is 0. The third-order valence-corrected chi connectivity index (χ3v) is 11.6. The zero-order chi connectivity index (χ0) is 35.3. The topological polar surface area (TPSA) is 18.1 Å². The summed E-state index contributed by atoms with van der Waals surface area (Å²) >= 11 is 0. The summed E-state index contributed by atoms with van der Waals surface area (Å²) in [5, 5.41) is 4.90. The fourth-order valence-electron chi connectivity index (χ4n) is 8.97. The highest BCUT2D eigenvalue weighted by atomic mass is 16.3. The molecule has 53 heavy (non-hydrogen) atoms. The van der Waals surface area contributed by atoms with Crippen molar-refractivity contribution >= 4 is 43.7 Å². The van der Waals surface area contributed by atoms with Gasteiger partial charge in [-0.05, 0) is 110 Å². The molecule has 1 aliphatic rings. The second-order valence-corrected chi connectivity index (χ2v) is 14.9. The second-order valence-electron chi connectivity index (χ2n) is 14.9. The van der Waals surface area contributed by atoms with Gasteiger partial charge < -0.3 is 8.98 Å². The van der Waals surface area contributed by atoms with Crippen molar-refractivity contribution in [1.82, 2.24) is 4.57 Å². The van der Waals surface area contributed by atoms with Crippen LogP contribution in [0.5, 0.6) is 0 Å². The average Bonchev–Trinajstić information content (AvgIpc) is 3.83. The van der Waals surface area contributed by atoms with Crippen LogP contribution in [0.15, 0.2) is 180 Å². The van der Waals surface area contributed by atoms with Gasteiger partial charge in [0.05, 0.1) is 11.0 Å². The van der Waals surface area contributed by atoms with E-state index in [9.17, 15) is 0 Å². The van der Waals surface area contributed by atoms with Crippen LogP contribution >= 0.6 is 0 Å². The fourth-order valence-corrected chi connectivity index (χ4v) is 8.97. The van der Waals surface area contributed by atoms with E-state index in [0.717, 1.165) is 16.9 Å². The summed E-state index contributed by atoms with van der Waals surface area (Å²) in [6, 6.07) is 64.1. The van der Waals surface area contributed by atoms with E-state index in [2.05, 4.69) is 188 Å². The van der Waals surface area contributed by atoms with Crippen molar-refractivity contribution in [2.24, 2.45) is 0 Å². The van der Waals surface area contributed by atoms with E-state index in [0.29, 0.717) is 0 Å². The molecule has 0 amide bonds. The molecule has 0 N–H and O–H groups in total. The first-order valence-electron chi connectivity index (χ1n) is 18.4. The third kappa shape index (κ3) is 4.45. The first-order valence-corrected chi connectivity index (χ1v) is 18.4. The minimum atomic E-state index is -0.148. The molecule has 2 aromatic heterocycles. The van der Waals surface area contributed by atoms with Gasteiger partial charge in [-0.25, -0.2) is 0 Å². The van der Waals surface area contributed by atoms with Gasteiger partial charge in [-0.15, -0.1) is 0 Å². The Labute approximate surface area is 308 Å². The maximum absolute atomic E-state index is 6.32. The standard InChI is InChI=1S/C51H35NO/c1-51(2)43-24-27-48-50(40-18-9-10-19-47(40)53-48)49(43)39-23-20-37(31-44(39)51)34-16-11-17-38(28-34)52-45-25-21-35(32-12-5-3-6-13-32)29-41(45)42-30-36(22-26-46(42)52)33-14-7-4-8-15-33/h3-31H,1-2H3. The van der Waals surface area contributed by atoms with E-state index in [-0.39, 0.29) is 5.41 Å². The third-order valence-electron chi connectivity index (χ3n) is 11.6. The molecule has 1 aliphatic carbocycles. The second kappa shape index (κ2) is 11.2. The lowest BCUT2D eigenvalue weighted by molar-refractivity contribution is 0.657. The van der Waals surface area contributed by atoms with Gasteiger partial charge in [0.2, 0.25) is 0 Å². The Bertz CT molecular complexity index is 2970. The fraction of sp³-hybridized carbons (Fsp3) is 0.0588. The van der Waals surface area contributed by atoms with Crippen LogP contribution in [0.2, 0.25) is 0 Å². The van der Waals surface area contributed by atoms with Crippen LogP contribution in [-0.2, 0) is 5.41 Å². The number of hydrogen-bond acceptors (Lipinski definition) is 1. The Kier molecular flexibility index (Phi) is 6.33. The zero-order valence-electron chi connectivity index (χ0n) is 29.6. The molecular formula is C51H35NO. The molecule has 0 fully saturated rings. The van der Waals surface area contributed by atoms with Crippen molar-refractivity contribution < 1.29 is 4.42 Å². The van der Waals surface area contributed by atoms with Gasteiger partial charge in [0, 0.05) is 32.6 Å². The van der Waals surface area contributed by atoms with Crippen LogP contribution in [0.4, 0.5) is 0 Å². The molecule has 0 bridgehead atoms. The monoisotopic (exact) mass is 677 g/mol. The van der Waals surface area contributed by atoms with Gasteiger partial charge in [-0.1, -0.05) is 135 Å². The smallest absolute Gasteiger partial charge is 0.136 e. The number of hydrogen-bond donors (Lipinski definition) is 0. The van der Waals surface area contributed by atoms with Gasteiger partial charge in [0.25, 0.3) is 0 Å². The van der Waals surface area contributed by atoms with E-state index >= 15 is 0 Å². The van der Waals surface area contributed by atoms with Gasteiger partial charge in [0.15, 0.2) is 0 Å². The summed E-state index contributed by atoms with van der Waals surface area (Å²) in [7, 11) is 0. The van der Waals surface area contributed by atoms with Gasteiger partial charge in [-0.3, -0.25) is 0 Å². The van der Waals surface area contributed by atoms with Crippen LogP contribution in [0.25, 0.3) is 93.9 Å². The summed E-state index contributed by atoms with van der Waals surface area (Å²) < 4.78 is 8.76. The molecule has 2 nitrogen and oxygen atoms in total. The van der Waals surface area contributed by atoms with Crippen LogP contribution in [-0.4, -0.2) is 4.57 Å². The van der Waals surface area contributed by atoms with Crippen LogP contribution in [0, 0.1) is 0 Å². The molecular weight excluding hydrogens is 643 g/mol. The number of furan rings is 1. The van der Waals surface area contributed by atoms with Gasteiger partial charge in [-0.2, -0.15) is 0 Å². The molecule has 10 aromatic rings. The molecule has 250 valence electrons. The molecule has 0 radical (unpaired) electrons. The molecule has 11 rings (SSSR count). The lowest BCUT2D eigenvalue weighted by atomic mass is 9.81. The van der Waals surface area contributed by atoms with Crippen molar-refractivity contribution in [3.8, 4) is 50.2 Å². The predicted octanol–water partition coefficient (Wildman–Crippen LogP) is 14.0. The summed E-state index contributed by atoms with van der Waals surface area (Å²) in [6.45, 7) is 4.72. The highest BCUT2D eigenvalue weighted by Crippen LogP contribution is 2.53. The van der Waals surface area contributed by atoms with E-state index in [1.54, 1.807) is 0 Å². The van der Waals surface area contributed by atoms with E-state index < -0.39 is 0 Å². The molecule has 0 atom stereocenters. The number of nitrogens with zero attached hydrogens (tertiary/aromatic N) is 1. The first-order chi connectivity index (χ1) is 26.0. The summed E-state index contributed by atoms with van der Waals surface area (Å²) in [4.78, 5) is 0. The largest absolute Gasteiger partial charge is 0.456 e. The first kappa shape index (κ1) is 30.0. The summed E-state index contributed by atoms with van der Waals surface area (Å²) in [5.41, 5.74) is 17.9. The van der Waals surface area contributed by atoms with Gasteiger partial charge >= 0.3 is 0 Å². The Morgan fingerprint density at radius 1 is 0.415 bits per heavy atom. The molecule has 2 heteroatoms. The maximum Gasteiger partial charge on any atom is 0.136 e. The number of rotatable bonds is 4. The summed E-state index contributed by atoms with van der Waals surface area (Å²) in [5.74, 6) is 0. The van der Waals surface area contributed by atoms with Crippen LogP contribution < -0.4 is 0 Å². The Morgan fingerprint density at radius 2 is 1.00 bits per heavy atom. The highest BCUT2D eigenvalue weighted by Gasteiger charge is 2.37. The molecule has 2 heterocycles. The van der Waals surface area contributed by atoms with Crippen molar-refractivity contribution in [2.45, 2.75) is 19.3 Å². The minimum Gasteiger partial charge on any atom is -0.456 e. The Balaban J connectivity index is 1.08. The highest BCUT2D eigenvalue weighted by molar-refractivity contribution is 6.15. The van der Waals surface area contributed by atoms with Gasteiger partial charge in [0.1, 0.15) is 11.2 Å². The number of aromatic nitrogens is 1. The Morgan fingerprint density at radius 3 is 1.70 bits per heavy atom.